The number of hydrogen-bond acceptors (Lipinski definition) is 4. The van der Waals surface area contributed by atoms with Crippen LogP contribution in [0.25, 0.3) is 22.0 Å². The van der Waals surface area contributed by atoms with Gasteiger partial charge in [0.15, 0.2) is 9.84 Å². The highest BCUT2D eigenvalue weighted by Gasteiger charge is 2.44. The quantitative estimate of drug-likeness (QED) is 0.695. The number of aryl methyl sites for hydroxylation is 2. The molecule has 0 atom stereocenters. The minimum Gasteiger partial charge on any atom is -0.371 e. The summed E-state index contributed by atoms with van der Waals surface area (Å²) in [4.78, 5) is 18.4. The molecule has 0 radical (unpaired) electrons. The fourth-order valence-corrected chi connectivity index (χ4v) is 5.52. The number of sulfone groups is 1. The van der Waals surface area contributed by atoms with Crippen LogP contribution in [0.3, 0.4) is 0 Å². The normalized spacial score (nSPS) is 18.3. The van der Waals surface area contributed by atoms with E-state index in [1.165, 1.54) is 31.9 Å². The summed E-state index contributed by atoms with van der Waals surface area (Å²) in [6.45, 7) is 3.93. The molecule has 1 saturated carbocycles. The van der Waals surface area contributed by atoms with Crippen LogP contribution in [-0.2, 0) is 16.9 Å². The van der Waals surface area contributed by atoms with Crippen LogP contribution in [0.2, 0.25) is 0 Å². The molecule has 158 valence electrons. The van der Waals surface area contributed by atoms with Crippen molar-refractivity contribution in [2.75, 3.05) is 24.2 Å². The fourth-order valence-electron chi connectivity index (χ4n) is 4.87. The maximum Gasteiger partial charge on any atom is 0.274 e. The van der Waals surface area contributed by atoms with E-state index in [-0.39, 0.29) is 5.56 Å². The molecule has 0 bridgehead atoms. The average Bonchev–Trinajstić information content (AvgIpc) is 3.35. The third-order valence-electron chi connectivity index (χ3n) is 7.01. The SMILES string of the molecule is Cc1c[nH]c2c(=O)n(C)cc(-c3cc(S(C)(=O)=O)ccc3N3CCC4(CC3)CC4)c12. The Labute approximate surface area is 176 Å². The molecule has 7 heteroatoms. The predicted molar refractivity (Wildman–Crippen MR) is 120 cm³/mol. The zero-order valence-corrected chi connectivity index (χ0v) is 18.5. The number of H-pyrrole nitrogens is 1. The van der Waals surface area contributed by atoms with Gasteiger partial charge in [-0.1, -0.05) is 0 Å². The molecule has 1 saturated heterocycles. The Morgan fingerprint density at radius 2 is 1.77 bits per heavy atom. The van der Waals surface area contributed by atoms with Gasteiger partial charge in [-0.15, -0.1) is 0 Å². The topological polar surface area (TPSA) is 75.2 Å². The van der Waals surface area contributed by atoms with E-state index >= 15 is 0 Å². The van der Waals surface area contributed by atoms with E-state index in [9.17, 15) is 13.2 Å². The number of hydrogen-bond donors (Lipinski definition) is 1. The number of nitrogens with zero attached hydrogens (tertiary/aromatic N) is 2. The molecule has 5 rings (SSSR count). The average molecular weight is 426 g/mol. The lowest BCUT2D eigenvalue weighted by atomic mass is 9.92. The van der Waals surface area contributed by atoms with Gasteiger partial charge in [0.2, 0.25) is 0 Å². The van der Waals surface area contributed by atoms with Crippen molar-refractivity contribution in [3.8, 4) is 11.1 Å². The first-order valence-electron chi connectivity index (χ1n) is 10.5. The van der Waals surface area contributed by atoms with Crippen LogP contribution < -0.4 is 10.5 Å². The first-order chi connectivity index (χ1) is 14.2. The van der Waals surface area contributed by atoms with Crippen LogP contribution in [0.1, 0.15) is 31.2 Å². The van der Waals surface area contributed by atoms with E-state index in [2.05, 4.69) is 9.88 Å². The molecule has 0 amide bonds. The number of benzene rings is 1. The van der Waals surface area contributed by atoms with Crippen molar-refractivity contribution >= 4 is 26.4 Å². The van der Waals surface area contributed by atoms with Crippen molar-refractivity contribution in [1.82, 2.24) is 9.55 Å². The third-order valence-corrected chi connectivity index (χ3v) is 8.12. The summed E-state index contributed by atoms with van der Waals surface area (Å²) in [6, 6.07) is 5.42. The predicted octanol–water partition coefficient (Wildman–Crippen LogP) is 3.63. The molecule has 1 aliphatic heterocycles. The van der Waals surface area contributed by atoms with E-state index in [0.717, 1.165) is 40.9 Å². The highest BCUT2D eigenvalue weighted by atomic mass is 32.2. The second kappa shape index (κ2) is 6.48. The maximum absolute atomic E-state index is 12.6. The van der Waals surface area contributed by atoms with Crippen LogP contribution in [0, 0.1) is 12.3 Å². The Hall–Kier alpha value is -2.54. The summed E-state index contributed by atoms with van der Waals surface area (Å²) >= 11 is 0. The van der Waals surface area contributed by atoms with Gasteiger partial charge in [-0.2, -0.15) is 0 Å². The smallest absolute Gasteiger partial charge is 0.274 e. The van der Waals surface area contributed by atoms with E-state index in [4.69, 9.17) is 0 Å². The number of rotatable bonds is 3. The summed E-state index contributed by atoms with van der Waals surface area (Å²) in [5.41, 5.74) is 4.80. The fraction of sp³-hybridized carbons (Fsp3) is 0.435. The van der Waals surface area contributed by atoms with Crippen molar-refractivity contribution in [3.05, 3.63) is 46.5 Å². The molecule has 3 aromatic rings. The van der Waals surface area contributed by atoms with Crippen LogP contribution in [0.5, 0.6) is 0 Å². The molecule has 2 aromatic heterocycles. The molecule has 30 heavy (non-hydrogen) atoms. The van der Waals surface area contributed by atoms with E-state index < -0.39 is 9.84 Å². The van der Waals surface area contributed by atoms with Crippen molar-refractivity contribution in [3.63, 3.8) is 0 Å². The van der Waals surface area contributed by atoms with Gasteiger partial charge in [0.25, 0.3) is 5.56 Å². The van der Waals surface area contributed by atoms with E-state index in [0.29, 0.717) is 15.8 Å². The zero-order chi connectivity index (χ0) is 21.3. The van der Waals surface area contributed by atoms with Gasteiger partial charge in [-0.05, 0) is 61.8 Å². The minimum atomic E-state index is -3.35. The Kier molecular flexibility index (Phi) is 4.19. The van der Waals surface area contributed by atoms with Crippen molar-refractivity contribution in [2.24, 2.45) is 12.5 Å². The van der Waals surface area contributed by atoms with Gasteiger partial charge < -0.3 is 14.5 Å². The summed E-state index contributed by atoms with van der Waals surface area (Å²) in [5.74, 6) is 0. The van der Waals surface area contributed by atoms with Crippen molar-refractivity contribution < 1.29 is 8.42 Å². The van der Waals surface area contributed by atoms with Gasteiger partial charge in [0.05, 0.1) is 4.90 Å². The van der Waals surface area contributed by atoms with Gasteiger partial charge in [-0.25, -0.2) is 8.42 Å². The van der Waals surface area contributed by atoms with Crippen LogP contribution in [0.4, 0.5) is 5.69 Å². The molecule has 0 unspecified atom stereocenters. The van der Waals surface area contributed by atoms with Crippen LogP contribution >= 0.6 is 0 Å². The standard InChI is InChI=1S/C23H27N3O3S/c1-15-13-24-21-20(15)18(14-25(2)22(21)27)17-12-16(30(3,28)29)4-5-19(17)26-10-8-23(6-7-23)9-11-26/h4-5,12-14,24H,6-11H2,1-3H3. The monoisotopic (exact) mass is 425 g/mol. The molecule has 1 aromatic carbocycles. The number of nitrogens with one attached hydrogen (secondary N) is 1. The number of pyridine rings is 1. The molecule has 1 N–H and O–H groups in total. The van der Waals surface area contributed by atoms with E-state index in [1.807, 2.05) is 25.4 Å². The van der Waals surface area contributed by atoms with Gasteiger partial charge in [-0.3, -0.25) is 4.79 Å². The molecular weight excluding hydrogens is 398 g/mol. The van der Waals surface area contributed by atoms with Crippen molar-refractivity contribution in [1.29, 1.82) is 0 Å². The first-order valence-corrected chi connectivity index (χ1v) is 12.3. The van der Waals surface area contributed by atoms with Crippen LogP contribution in [0.15, 0.2) is 40.3 Å². The van der Waals surface area contributed by atoms with Gasteiger partial charge in [0.1, 0.15) is 5.52 Å². The minimum absolute atomic E-state index is 0.0867. The molecule has 2 aliphatic rings. The molecular formula is C23H27N3O3S. The number of aromatic nitrogens is 2. The second-order valence-electron chi connectivity index (χ2n) is 9.12. The number of piperidine rings is 1. The Bertz CT molecular complexity index is 1320. The third kappa shape index (κ3) is 3.07. The lowest BCUT2D eigenvalue weighted by molar-refractivity contribution is 0.384. The molecule has 1 spiro atoms. The van der Waals surface area contributed by atoms with Crippen LogP contribution in [-0.4, -0.2) is 37.3 Å². The Morgan fingerprint density at radius 3 is 2.40 bits per heavy atom. The first kappa shape index (κ1) is 19.4. The Balaban J connectivity index is 1.74. The van der Waals surface area contributed by atoms with E-state index in [1.54, 1.807) is 23.7 Å². The van der Waals surface area contributed by atoms with Crippen molar-refractivity contribution in [2.45, 2.75) is 37.5 Å². The summed E-state index contributed by atoms with van der Waals surface area (Å²) in [6.07, 6.45) is 9.96. The lowest BCUT2D eigenvalue weighted by Gasteiger charge is -2.35. The molecule has 6 nitrogen and oxygen atoms in total. The second-order valence-corrected chi connectivity index (χ2v) is 11.1. The summed E-state index contributed by atoms with van der Waals surface area (Å²) in [5, 5.41) is 0.862. The maximum atomic E-state index is 12.6. The lowest BCUT2D eigenvalue weighted by Crippen LogP contribution is -2.34. The number of aromatic amines is 1. The van der Waals surface area contributed by atoms with Gasteiger partial charge >= 0.3 is 0 Å². The molecule has 3 heterocycles. The number of anilines is 1. The summed E-state index contributed by atoms with van der Waals surface area (Å²) in [7, 11) is -1.62. The molecule has 1 aliphatic carbocycles. The molecule has 2 fully saturated rings. The zero-order valence-electron chi connectivity index (χ0n) is 17.7. The number of fused-ring (bicyclic) bond motifs is 1. The Morgan fingerprint density at radius 1 is 1.07 bits per heavy atom. The largest absolute Gasteiger partial charge is 0.371 e. The summed E-state index contributed by atoms with van der Waals surface area (Å²) < 4.78 is 26.2. The highest BCUT2D eigenvalue weighted by molar-refractivity contribution is 7.90. The van der Waals surface area contributed by atoms with Gasteiger partial charge in [0, 0.05) is 61.0 Å². The highest BCUT2D eigenvalue weighted by Crippen LogP contribution is 2.54.